The number of nitrogens with zero attached hydrogens (tertiary/aromatic N) is 1. The van der Waals surface area contributed by atoms with Crippen molar-refractivity contribution in [1.82, 2.24) is 4.90 Å². The standard InChI is InChI=1S/C29H29FN2O3/c1-3-25-26(4-2)28(35-19-16-32-14-17-34-18-15-32)13-12-27(25)31-29(33)23-7-5-6-22(20-23)21-8-10-24(30)11-9-21/h3-13,20H,1-2,14-19H2,(H,31,33). The van der Waals surface area contributed by atoms with Crippen LogP contribution in [0.15, 0.2) is 73.8 Å². The summed E-state index contributed by atoms with van der Waals surface area (Å²) >= 11 is 0. The first-order valence-electron chi connectivity index (χ1n) is 11.6. The number of benzene rings is 3. The van der Waals surface area contributed by atoms with Crippen molar-refractivity contribution in [2.24, 2.45) is 0 Å². The van der Waals surface area contributed by atoms with Crippen molar-refractivity contribution in [2.45, 2.75) is 0 Å². The number of nitrogens with one attached hydrogen (secondary N) is 1. The second-order valence-corrected chi connectivity index (χ2v) is 8.19. The molecule has 1 fully saturated rings. The smallest absolute Gasteiger partial charge is 0.255 e. The largest absolute Gasteiger partial charge is 0.492 e. The molecule has 0 spiro atoms. The van der Waals surface area contributed by atoms with Crippen molar-refractivity contribution >= 4 is 23.7 Å². The third-order valence-corrected chi connectivity index (χ3v) is 5.97. The van der Waals surface area contributed by atoms with E-state index in [0.717, 1.165) is 55.1 Å². The van der Waals surface area contributed by atoms with Gasteiger partial charge in [-0.05, 0) is 47.5 Å². The first-order chi connectivity index (χ1) is 17.1. The Kier molecular flexibility index (Phi) is 8.08. The number of halogens is 1. The molecule has 4 rings (SSSR count). The van der Waals surface area contributed by atoms with Crippen LogP contribution < -0.4 is 10.1 Å². The van der Waals surface area contributed by atoms with Crippen LogP contribution in [0.25, 0.3) is 23.3 Å². The molecule has 5 nitrogen and oxygen atoms in total. The quantitative estimate of drug-likeness (QED) is 0.431. The van der Waals surface area contributed by atoms with E-state index in [1.54, 1.807) is 36.4 Å². The Morgan fingerprint density at radius 3 is 2.46 bits per heavy atom. The fraction of sp³-hybridized carbons (Fsp3) is 0.207. The van der Waals surface area contributed by atoms with Gasteiger partial charge in [0.05, 0.1) is 13.2 Å². The van der Waals surface area contributed by atoms with Gasteiger partial charge in [-0.2, -0.15) is 0 Å². The molecule has 1 heterocycles. The maximum absolute atomic E-state index is 13.3. The van der Waals surface area contributed by atoms with Crippen LogP contribution in [-0.4, -0.2) is 50.3 Å². The maximum atomic E-state index is 13.3. The van der Waals surface area contributed by atoms with Gasteiger partial charge >= 0.3 is 0 Å². The molecule has 1 saturated heterocycles. The molecule has 3 aromatic rings. The topological polar surface area (TPSA) is 50.8 Å². The average Bonchev–Trinajstić information content (AvgIpc) is 2.90. The van der Waals surface area contributed by atoms with Crippen LogP contribution in [0.1, 0.15) is 21.5 Å². The minimum absolute atomic E-state index is 0.256. The van der Waals surface area contributed by atoms with Gasteiger partial charge in [-0.25, -0.2) is 4.39 Å². The Morgan fingerprint density at radius 2 is 1.74 bits per heavy atom. The molecule has 35 heavy (non-hydrogen) atoms. The second-order valence-electron chi connectivity index (χ2n) is 8.19. The first-order valence-corrected chi connectivity index (χ1v) is 11.6. The zero-order valence-electron chi connectivity index (χ0n) is 19.6. The van der Waals surface area contributed by atoms with Crippen LogP contribution in [0.5, 0.6) is 5.75 Å². The monoisotopic (exact) mass is 472 g/mol. The number of ether oxygens (including phenoxy) is 2. The third-order valence-electron chi connectivity index (χ3n) is 5.97. The summed E-state index contributed by atoms with van der Waals surface area (Å²) in [7, 11) is 0. The van der Waals surface area contributed by atoms with Gasteiger partial charge in [-0.15, -0.1) is 0 Å². The first kappa shape index (κ1) is 24.4. The van der Waals surface area contributed by atoms with Gasteiger partial charge in [-0.3, -0.25) is 9.69 Å². The SMILES string of the molecule is C=Cc1c(NC(=O)c2cccc(-c3ccc(F)cc3)c2)ccc(OCCN2CCOCC2)c1C=C. The molecule has 0 saturated carbocycles. The van der Waals surface area contributed by atoms with Crippen LogP contribution in [0.3, 0.4) is 0 Å². The molecule has 0 bridgehead atoms. The fourth-order valence-corrected chi connectivity index (χ4v) is 4.07. The van der Waals surface area contributed by atoms with E-state index in [4.69, 9.17) is 9.47 Å². The van der Waals surface area contributed by atoms with Crippen LogP contribution >= 0.6 is 0 Å². The van der Waals surface area contributed by atoms with Gasteiger partial charge in [0.15, 0.2) is 0 Å². The highest BCUT2D eigenvalue weighted by Gasteiger charge is 2.15. The number of amides is 1. The van der Waals surface area contributed by atoms with Gasteiger partial charge in [0.1, 0.15) is 18.2 Å². The van der Waals surface area contributed by atoms with Crippen molar-refractivity contribution in [1.29, 1.82) is 0 Å². The number of carbonyl (C=O) groups excluding carboxylic acids is 1. The molecule has 0 atom stereocenters. The van der Waals surface area contributed by atoms with Gasteiger partial charge in [0.25, 0.3) is 5.91 Å². The number of morpholine rings is 1. The molecule has 180 valence electrons. The Hall–Kier alpha value is -3.74. The number of anilines is 1. The lowest BCUT2D eigenvalue weighted by atomic mass is 10.0. The van der Waals surface area contributed by atoms with Gasteiger partial charge < -0.3 is 14.8 Å². The average molecular weight is 473 g/mol. The summed E-state index contributed by atoms with van der Waals surface area (Å²) in [6.45, 7) is 12.5. The van der Waals surface area contributed by atoms with Crippen LogP contribution in [0.4, 0.5) is 10.1 Å². The van der Waals surface area contributed by atoms with Crippen molar-refractivity contribution in [3.63, 3.8) is 0 Å². The van der Waals surface area contributed by atoms with E-state index >= 15 is 0 Å². The lowest BCUT2D eigenvalue weighted by Crippen LogP contribution is -2.38. The molecule has 3 aromatic carbocycles. The number of hydrogen-bond acceptors (Lipinski definition) is 4. The summed E-state index contributed by atoms with van der Waals surface area (Å²) in [5.41, 5.74) is 4.30. The number of rotatable bonds is 9. The molecule has 1 aliphatic rings. The predicted molar refractivity (Wildman–Crippen MR) is 139 cm³/mol. The summed E-state index contributed by atoms with van der Waals surface area (Å²) in [4.78, 5) is 15.4. The van der Waals surface area contributed by atoms with E-state index in [-0.39, 0.29) is 11.7 Å². The minimum atomic E-state index is -0.300. The lowest BCUT2D eigenvalue weighted by molar-refractivity contribution is 0.0322. The predicted octanol–water partition coefficient (Wildman–Crippen LogP) is 5.74. The number of carbonyl (C=O) groups is 1. The molecule has 1 N–H and O–H groups in total. The zero-order chi connectivity index (χ0) is 24.6. The Balaban J connectivity index is 1.49. The highest BCUT2D eigenvalue weighted by Crippen LogP contribution is 2.32. The highest BCUT2D eigenvalue weighted by molar-refractivity contribution is 6.06. The molecule has 0 aromatic heterocycles. The summed E-state index contributed by atoms with van der Waals surface area (Å²) in [5, 5.41) is 2.98. The summed E-state index contributed by atoms with van der Waals surface area (Å²) in [6, 6.07) is 17.1. The molecule has 0 unspecified atom stereocenters. The zero-order valence-corrected chi connectivity index (χ0v) is 19.6. The molecule has 0 aliphatic carbocycles. The van der Waals surface area contributed by atoms with Gasteiger partial charge in [0.2, 0.25) is 0 Å². The summed E-state index contributed by atoms with van der Waals surface area (Å²) in [6.07, 6.45) is 3.41. The molecule has 1 amide bonds. The minimum Gasteiger partial charge on any atom is -0.492 e. The molecular weight excluding hydrogens is 443 g/mol. The van der Waals surface area contributed by atoms with Crippen LogP contribution in [0, 0.1) is 5.82 Å². The maximum Gasteiger partial charge on any atom is 0.255 e. The van der Waals surface area contributed by atoms with E-state index in [0.29, 0.717) is 23.6 Å². The van der Waals surface area contributed by atoms with E-state index in [1.165, 1.54) is 12.1 Å². The molecular formula is C29H29FN2O3. The molecule has 0 radical (unpaired) electrons. The molecule has 1 aliphatic heterocycles. The van der Waals surface area contributed by atoms with E-state index in [2.05, 4.69) is 23.4 Å². The summed E-state index contributed by atoms with van der Waals surface area (Å²) in [5.74, 6) is 0.138. The van der Waals surface area contributed by atoms with Crippen molar-refractivity contribution in [3.8, 4) is 16.9 Å². The van der Waals surface area contributed by atoms with E-state index < -0.39 is 0 Å². The Labute approximate surface area is 205 Å². The fourth-order valence-electron chi connectivity index (χ4n) is 4.07. The second kappa shape index (κ2) is 11.6. The van der Waals surface area contributed by atoms with Gasteiger partial charge in [0, 0.05) is 42.0 Å². The van der Waals surface area contributed by atoms with Crippen molar-refractivity contribution in [2.75, 3.05) is 44.8 Å². The molecule has 6 heteroatoms. The Bertz CT molecular complexity index is 1200. The lowest BCUT2D eigenvalue weighted by Gasteiger charge is -2.26. The third kappa shape index (κ3) is 6.04. The highest BCUT2D eigenvalue weighted by atomic mass is 19.1. The Morgan fingerprint density at radius 1 is 1.00 bits per heavy atom. The summed E-state index contributed by atoms with van der Waals surface area (Å²) < 4.78 is 24.7. The van der Waals surface area contributed by atoms with Crippen LogP contribution in [-0.2, 0) is 4.74 Å². The van der Waals surface area contributed by atoms with Gasteiger partial charge in [-0.1, -0.05) is 49.6 Å². The van der Waals surface area contributed by atoms with Crippen molar-refractivity contribution < 1.29 is 18.7 Å². The van der Waals surface area contributed by atoms with Crippen LogP contribution in [0.2, 0.25) is 0 Å². The normalized spacial score (nSPS) is 13.7. The van der Waals surface area contributed by atoms with E-state index in [1.807, 2.05) is 24.3 Å². The van der Waals surface area contributed by atoms with E-state index in [9.17, 15) is 9.18 Å². The number of hydrogen-bond donors (Lipinski definition) is 1. The van der Waals surface area contributed by atoms with Crippen molar-refractivity contribution in [3.05, 3.63) is 96.3 Å².